The van der Waals surface area contributed by atoms with Crippen LogP contribution in [0.15, 0.2) is 23.1 Å². The van der Waals surface area contributed by atoms with Gasteiger partial charge in [-0.2, -0.15) is 0 Å². The van der Waals surface area contributed by atoms with Crippen LogP contribution in [-0.4, -0.2) is 5.75 Å². The Kier molecular flexibility index (Phi) is 4.66. The first-order chi connectivity index (χ1) is 6.74. The number of hydrogen-bond donors (Lipinski definition) is 2. The molecule has 0 aliphatic carbocycles. The summed E-state index contributed by atoms with van der Waals surface area (Å²) in [5.74, 6) is 1.16. The van der Waals surface area contributed by atoms with E-state index in [0.29, 0.717) is 11.4 Å². The van der Waals surface area contributed by atoms with Gasteiger partial charge in [-0.05, 0) is 30.4 Å². The van der Waals surface area contributed by atoms with Gasteiger partial charge >= 0.3 is 0 Å². The molecule has 0 amide bonds. The average molecular weight is 210 g/mol. The Morgan fingerprint density at radius 2 is 1.93 bits per heavy atom. The minimum absolute atomic E-state index is 0.669. The molecule has 0 saturated heterocycles. The van der Waals surface area contributed by atoms with Crippen LogP contribution in [0, 0.1) is 0 Å². The van der Waals surface area contributed by atoms with Crippen molar-refractivity contribution in [1.29, 1.82) is 0 Å². The third-order valence-electron chi connectivity index (χ3n) is 2.07. The molecule has 0 radical (unpaired) electrons. The lowest BCUT2D eigenvalue weighted by molar-refractivity contribution is 0.778. The maximum atomic E-state index is 5.71. The van der Waals surface area contributed by atoms with Gasteiger partial charge in [-0.25, -0.2) is 0 Å². The van der Waals surface area contributed by atoms with Crippen LogP contribution in [0.1, 0.15) is 26.2 Å². The fourth-order valence-corrected chi connectivity index (χ4v) is 2.14. The van der Waals surface area contributed by atoms with Crippen LogP contribution in [0.5, 0.6) is 0 Å². The van der Waals surface area contributed by atoms with E-state index in [1.807, 2.05) is 30.0 Å². The monoisotopic (exact) mass is 210 g/mol. The standard InChI is InChI=1S/C11H18N2S/c1-2-3-4-7-14-9-5-6-10(12)11(13)8-9/h5-6,8H,2-4,7,12-13H2,1H3. The van der Waals surface area contributed by atoms with E-state index >= 15 is 0 Å². The molecule has 1 aromatic carbocycles. The van der Waals surface area contributed by atoms with E-state index in [4.69, 9.17) is 11.5 Å². The van der Waals surface area contributed by atoms with Crippen LogP contribution in [-0.2, 0) is 0 Å². The second-order valence-electron chi connectivity index (χ2n) is 3.35. The molecule has 0 bridgehead atoms. The van der Waals surface area contributed by atoms with Gasteiger partial charge in [0.15, 0.2) is 0 Å². The van der Waals surface area contributed by atoms with Gasteiger partial charge in [-0.3, -0.25) is 0 Å². The normalized spacial score (nSPS) is 10.4. The van der Waals surface area contributed by atoms with E-state index in [9.17, 15) is 0 Å². The highest BCUT2D eigenvalue weighted by molar-refractivity contribution is 7.99. The first-order valence-corrected chi connectivity index (χ1v) is 6.00. The van der Waals surface area contributed by atoms with Crippen molar-refractivity contribution >= 4 is 23.1 Å². The van der Waals surface area contributed by atoms with Crippen molar-refractivity contribution in [1.82, 2.24) is 0 Å². The number of rotatable bonds is 5. The van der Waals surface area contributed by atoms with E-state index < -0.39 is 0 Å². The fourth-order valence-electron chi connectivity index (χ4n) is 1.18. The van der Waals surface area contributed by atoms with E-state index in [1.54, 1.807) is 0 Å². The van der Waals surface area contributed by atoms with Crippen LogP contribution in [0.3, 0.4) is 0 Å². The Morgan fingerprint density at radius 1 is 1.14 bits per heavy atom. The van der Waals surface area contributed by atoms with Crippen molar-refractivity contribution in [2.45, 2.75) is 31.1 Å². The highest BCUT2D eigenvalue weighted by atomic mass is 32.2. The number of unbranched alkanes of at least 4 members (excludes halogenated alkanes) is 2. The number of benzene rings is 1. The largest absolute Gasteiger partial charge is 0.397 e. The summed E-state index contributed by atoms with van der Waals surface area (Å²) in [7, 11) is 0. The molecule has 0 aromatic heterocycles. The molecule has 0 atom stereocenters. The molecule has 0 fully saturated rings. The topological polar surface area (TPSA) is 52.0 Å². The van der Waals surface area contributed by atoms with E-state index in [1.165, 1.54) is 24.2 Å². The minimum Gasteiger partial charge on any atom is -0.397 e. The molecule has 1 rings (SSSR count). The minimum atomic E-state index is 0.669. The number of nitrogens with two attached hydrogens (primary N) is 2. The zero-order valence-corrected chi connectivity index (χ0v) is 9.44. The summed E-state index contributed by atoms with van der Waals surface area (Å²) in [4.78, 5) is 1.22. The van der Waals surface area contributed by atoms with Crippen molar-refractivity contribution in [2.24, 2.45) is 0 Å². The summed E-state index contributed by atoms with van der Waals surface area (Å²) in [6, 6.07) is 5.85. The molecule has 14 heavy (non-hydrogen) atoms. The Hall–Kier alpha value is -0.830. The average Bonchev–Trinajstić information content (AvgIpc) is 2.18. The Labute approximate surface area is 90.1 Å². The van der Waals surface area contributed by atoms with Gasteiger partial charge in [0.05, 0.1) is 11.4 Å². The smallest absolute Gasteiger partial charge is 0.0559 e. The number of anilines is 2. The SMILES string of the molecule is CCCCCSc1ccc(N)c(N)c1. The Balaban J connectivity index is 2.39. The molecular formula is C11H18N2S. The van der Waals surface area contributed by atoms with Crippen molar-refractivity contribution < 1.29 is 0 Å². The lowest BCUT2D eigenvalue weighted by atomic mass is 10.3. The van der Waals surface area contributed by atoms with Crippen molar-refractivity contribution in [3.8, 4) is 0 Å². The quantitative estimate of drug-likeness (QED) is 0.446. The van der Waals surface area contributed by atoms with Gasteiger partial charge in [-0.15, -0.1) is 11.8 Å². The van der Waals surface area contributed by atoms with Gasteiger partial charge < -0.3 is 11.5 Å². The predicted octanol–water partition coefficient (Wildman–Crippen LogP) is 3.13. The second kappa shape index (κ2) is 5.81. The van der Waals surface area contributed by atoms with Crippen LogP contribution < -0.4 is 11.5 Å². The molecule has 0 aliphatic heterocycles. The van der Waals surface area contributed by atoms with Gasteiger partial charge in [-0.1, -0.05) is 19.8 Å². The lowest BCUT2D eigenvalue weighted by Crippen LogP contribution is -1.94. The molecule has 4 N–H and O–H groups in total. The number of thioether (sulfide) groups is 1. The van der Waals surface area contributed by atoms with Crippen LogP contribution in [0.2, 0.25) is 0 Å². The third kappa shape index (κ3) is 3.50. The zero-order valence-electron chi connectivity index (χ0n) is 8.62. The zero-order chi connectivity index (χ0) is 10.4. The highest BCUT2D eigenvalue weighted by Gasteiger charge is 1.97. The summed E-state index contributed by atoms with van der Waals surface area (Å²) >= 11 is 1.85. The molecule has 0 unspecified atom stereocenters. The van der Waals surface area contributed by atoms with E-state index in [2.05, 4.69) is 6.92 Å². The van der Waals surface area contributed by atoms with E-state index in [-0.39, 0.29) is 0 Å². The molecule has 3 heteroatoms. The fraction of sp³-hybridized carbons (Fsp3) is 0.455. The summed E-state index contributed by atoms with van der Waals surface area (Å²) in [6.07, 6.45) is 3.84. The second-order valence-corrected chi connectivity index (χ2v) is 4.51. The predicted molar refractivity (Wildman–Crippen MR) is 65.5 cm³/mol. The molecule has 2 nitrogen and oxygen atoms in total. The highest BCUT2D eigenvalue weighted by Crippen LogP contribution is 2.25. The van der Waals surface area contributed by atoms with Crippen molar-refractivity contribution in [2.75, 3.05) is 17.2 Å². The summed E-state index contributed by atoms with van der Waals surface area (Å²) < 4.78 is 0. The summed E-state index contributed by atoms with van der Waals surface area (Å²) in [5, 5.41) is 0. The first-order valence-electron chi connectivity index (χ1n) is 5.02. The van der Waals surface area contributed by atoms with E-state index in [0.717, 1.165) is 5.75 Å². The first kappa shape index (κ1) is 11.2. The van der Waals surface area contributed by atoms with Gasteiger partial charge in [0.25, 0.3) is 0 Å². The molecule has 0 saturated carbocycles. The lowest BCUT2D eigenvalue weighted by Gasteiger charge is -2.04. The molecule has 1 aromatic rings. The number of nitrogen functional groups attached to an aromatic ring is 2. The molecular weight excluding hydrogens is 192 g/mol. The summed E-state index contributed by atoms with van der Waals surface area (Å²) in [5.41, 5.74) is 12.7. The van der Waals surface area contributed by atoms with Crippen molar-refractivity contribution in [3.05, 3.63) is 18.2 Å². The molecule has 0 spiro atoms. The third-order valence-corrected chi connectivity index (χ3v) is 3.15. The van der Waals surface area contributed by atoms with Gasteiger partial charge in [0.2, 0.25) is 0 Å². The van der Waals surface area contributed by atoms with Crippen LogP contribution in [0.25, 0.3) is 0 Å². The van der Waals surface area contributed by atoms with Crippen LogP contribution >= 0.6 is 11.8 Å². The van der Waals surface area contributed by atoms with Gasteiger partial charge in [0, 0.05) is 4.90 Å². The Morgan fingerprint density at radius 3 is 2.57 bits per heavy atom. The van der Waals surface area contributed by atoms with Crippen LogP contribution in [0.4, 0.5) is 11.4 Å². The maximum Gasteiger partial charge on any atom is 0.0559 e. The maximum absolute atomic E-state index is 5.71. The van der Waals surface area contributed by atoms with Crippen molar-refractivity contribution in [3.63, 3.8) is 0 Å². The molecule has 0 heterocycles. The Bertz CT molecular complexity index is 287. The molecule has 0 aliphatic rings. The number of hydrogen-bond acceptors (Lipinski definition) is 3. The summed E-state index contributed by atoms with van der Waals surface area (Å²) in [6.45, 7) is 2.21. The molecule has 78 valence electrons. The van der Waals surface area contributed by atoms with Gasteiger partial charge in [0.1, 0.15) is 0 Å².